The number of nitrogen functional groups attached to an aromatic ring is 1. The van der Waals surface area contributed by atoms with Crippen molar-refractivity contribution >= 4 is 11.4 Å². The van der Waals surface area contributed by atoms with E-state index in [4.69, 9.17) is 5.73 Å². The van der Waals surface area contributed by atoms with Crippen LogP contribution < -0.4 is 10.6 Å². The van der Waals surface area contributed by atoms with Crippen LogP contribution in [0.2, 0.25) is 0 Å². The first kappa shape index (κ1) is 18.0. The summed E-state index contributed by atoms with van der Waals surface area (Å²) in [7, 11) is 0. The van der Waals surface area contributed by atoms with Crippen LogP contribution in [0, 0.1) is 11.8 Å². The molecular weight excluding hydrogens is 346 g/mol. The highest BCUT2D eigenvalue weighted by Gasteiger charge is 2.53. The number of nitrogens with zero attached hydrogens (tertiary/aromatic N) is 2. The highest BCUT2D eigenvalue weighted by Crippen LogP contribution is 2.51. The van der Waals surface area contributed by atoms with Gasteiger partial charge in [0.1, 0.15) is 0 Å². The summed E-state index contributed by atoms with van der Waals surface area (Å²) in [6.45, 7) is 5.26. The van der Waals surface area contributed by atoms with Gasteiger partial charge in [-0.25, -0.2) is 0 Å². The third-order valence-electron chi connectivity index (χ3n) is 7.23. The van der Waals surface area contributed by atoms with Crippen LogP contribution >= 0.6 is 0 Å². The Morgan fingerprint density at radius 1 is 0.964 bits per heavy atom. The standard InChI is InChI=1S/C24H31N3O/c25-22-5-3-4-19(14-22)24(28)20-8-9-21(24)17-26(16-20)15-18-6-10-23(11-7-18)27-12-1-2-13-27/h3-7,10-11,14,20-21,28H,1-2,8-9,12-13,15-17,25H2. The lowest BCUT2D eigenvalue weighted by atomic mass is 9.75. The molecule has 2 aromatic rings. The molecule has 0 amide bonds. The van der Waals surface area contributed by atoms with E-state index in [0.29, 0.717) is 0 Å². The quantitative estimate of drug-likeness (QED) is 0.800. The number of piperidine rings is 1. The second-order valence-electron chi connectivity index (χ2n) is 8.98. The van der Waals surface area contributed by atoms with Gasteiger partial charge in [-0.3, -0.25) is 4.90 Å². The summed E-state index contributed by atoms with van der Waals surface area (Å²) in [5, 5.41) is 11.6. The van der Waals surface area contributed by atoms with Crippen LogP contribution in [0.5, 0.6) is 0 Å². The van der Waals surface area contributed by atoms with E-state index < -0.39 is 5.60 Å². The SMILES string of the molecule is Nc1cccc(C2(O)C3CCC2CN(Cc2ccc(N4CCCC4)cc2)C3)c1. The summed E-state index contributed by atoms with van der Waals surface area (Å²) in [5.41, 5.74) is 9.76. The third-order valence-corrected chi connectivity index (χ3v) is 7.23. The molecule has 2 unspecified atom stereocenters. The van der Waals surface area contributed by atoms with Crippen molar-refractivity contribution in [1.29, 1.82) is 0 Å². The molecule has 3 fully saturated rings. The van der Waals surface area contributed by atoms with Crippen molar-refractivity contribution in [2.24, 2.45) is 11.8 Å². The van der Waals surface area contributed by atoms with E-state index in [1.165, 1.54) is 37.2 Å². The van der Waals surface area contributed by atoms with E-state index in [1.807, 2.05) is 18.2 Å². The second-order valence-corrected chi connectivity index (χ2v) is 8.98. The van der Waals surface area contributed by atoms with Gasteiger partial charge in [0.15, 0.2) is 0 Å². The number of aliphatic hydroxyl groups is 1. The Labute approximate surface area is 168 Å². The molecule has 3 N–H and O–H groups in total. The molecule has 2 heterocycles. The number of hydrogen-bond acceptors (Lipinski definition) is 4. The Morgan fingerprint density at radius 3 is 2.29 bits per heavy atom. The van der Waals surface area contributed by atoms with Gasteiger partial charge in [0.05, 0.1) is 5.60 Å². The van der Waals surface area contributed by atoms with Gasteiger partial charge in [0.25, 0.3) is 0 Å². The molecule has 2 saturated heterocycles. The van der Waals surface area contributed by atoms with Crippen molar-refractivity contribution in [2.45, 2.75) is 37.8 Å². The topological polar surface area (TPSA) is 52.7 Å². The van der Waals surface area contributed by atoms with Crippen LogP contribution in [0.25, 0.3) is 0 Å². The highest BCUT2D eigenvalue weighted by molar-refractivity contribution is 5.48. The molecule has 1 saturated carbocycles. The van der Waals surface area contributed by atoms with Crippen LogP contribution in [0.15, 0.2) is 48.5 Å². The molecule has 1 aliphatic carbocycles. The Morgan fingerprint density at radius 2 is 1.64 bits per heavy atom. The van der Waals surface area contributed by atoms with Crippen LogP contribution in [0.4, 0.5) is 11.4 Å². The zero-order valence-electron chi connectivity index (χ0n) is 16.6. The van der Waals surface area contributed by atoms with Crippen LogP contribution in [-0.2, 0) is 12.1 Å². The fraction of sp³-hybridized carbons (Fsp3) is 0.500. The van der Waals surface area contributed by atoms with Crippen LogP contribution in [-0.4, -0.2) is 36.2 Å². The molecule has 2 atom stereocenters. The van der Waals surface area contributed by atoms with Gasteiger partial charge in [-0.1, -0.05) is 24.3 Å². The van der Waals surface area contributed by atoms with Gasteiger partial charge in [0, 0.05) is 55.9 Å². The maximum Gasteiger partial charge on any atom is 0.0977 e. The predicted octanol–water partition coefficient (Wildman–Crippen LogP) is 3.60. The van der Waals surface area contributed by atoms with Crippen molar-refractivity contribution in [3.63, 3.8) is 0 Å². The third kappa shape index (κ3) is 3.09. The maximum atomic E-state index is 11.6. The molecule has 0 radical (unpaired) electrons. The zero-order valence-corrected chi connectivity index (χ0v) is 16.6. The molecule has 28 heavy (non-hydrogen) atoms. The number of hydrogen-bond donors (Lipinski definition) is 2. The lowest BCUT2D eigenvalue weighted by Gasteiger charge is -2.45. The van der Waals surface area contributed by atoms with Crippen molar-refractivity contribution in [1.82, 2.24) is 4.90 Å². The van der Waals surface area contributed by atoms with Crippen molar-refractivity contribution in [3.8, 4) is 0 Å². The predicted molar refractivity (Wildman–Crippen MR) is 114 cm³/mol. The smallest absolute Gasteiger partial charge is 0.0977 e. The first-order chi connectivity index (χ1) is 13.6. The molecular formula is C24H31N3O. The number of likely N-dealkylation sites (tertiary alicyclic amines) is 1. The van der Waals surface area contributed by atoms with Gasteiger partial charge >= 0.3 is 0 Å². The highest BCUT2D eigenvalue weighted by atomic mass is 16.3. The van der Waals surface area contributed by atoms with Crippen LogP contribution in [0.1, 0.15) is 36.8 Å². The van der Waals surface area contributed by atoms with Crippen molar-refractivity contribution in [2.75, 3.05) is 36.8 Å². The Balaban J connectivity index is 1.28. The summed E-state index contributed by atoms with van der Waals surface area (Å²) in [5.74, 6) is 0.578. The summed E-state index contributed by atoms with van der Waals surface area (Å²) < 4.78 is 0. The van der Waals surface area contributed by atoms with Gasteiger partial charge in [-0.2, -0.15) is 0 Å². The molecule has 4 nitrogen and oxygen atoms in total. The van der Waals surface area contributed by atoms with E-state index in [2.05, 4.69) is 40.1 Å². The summed E-state index contributed by atoms with van der Waals surface area (Å²) >= 11 is 0. The molecule has 2 aliphatic heterocycles. The van der Waals surface area contributed by atoms with E-state index in [9.17, 15) is 5.11 Å². The van der Waals surface area contributed by atoms with E-state index in [-0.39, 0.29) is 11.8 Å². The van der Waals surface area contributed by atoms with E-state index in [1.54, 1.807) is 0 Å². The monoisotopic (exact) mass is 377 g/mol. The largest absolute Gasteiger partial charge is 0.399 e. The summed E-state index contributed by atoms with van der Waals surface area (Å²) in [6.07, 6.45) is 4.82. The first-order valence-electron chi connectivity index (χ1n) is 10.8. The molecule has 148 valence electrons. The number of rotatable bonds is 4. The first-order valence-corrected chi connectivity index (χ1v) is 10.8. The molecule has 2 bridgehead atoms. The van der Waals surface area contributed by atoms with Gasteiger partial charge in [0.2, 0.25) is 0 Å². The Kier molecular flexibility index (Phi) is 4.56. The maximum absolute atomic E-state index is 11.6. The number of benzene rings is 2. The van der Waals surface area contributed by atoms with Gasteiger partial charge < -0.3 is 15.7 Å². The molecule has 2 aromatic carbocycles. The summed E-state index contributed by atoms with van der Waals surface area (Å²) in [6, 6.07) is 17.0. The lowest BCUT2D eigenvalue weighted by Crippen LogP contribution is -2.51. The summed E-state index contributed by atoms with van der Waals surface area (Å²) in [4.78, 5) is 5.02. The van der Waals surface area contributed by atoms with Crippen molar-refractivity contribution in [3.05, 3.63) is 59.7 Å². The van der Waals surface area contributed by atoms with E-state index >= 15 is 0 Å². The minimum atomic E-state index is -0.717. The molecule has 5 rings (SSSR count). The minimum absolute atomic E-state index is 0.289. The average molecular weight is 378 g/mol. The molecule has 3 aliphatic rings. The number of anilines is 2. The van der Waals surface area contributed by atoms with Gasteiger partial charge in [-0.15, -0.1) is 0 Å². The Bertz CT molecular complexity index is 814. The second kappa shape index (κ2) is 7.09. The van der Waals surface area contributed by atoms with Gasteiger partial charge in [-0.05, 0) is 61.1 Å². The van der Waals surface area contributed by atoms with Crippen molar-refractivity contribution < 1.29 is 5.11 Å². The number of fused-ring (bicyclic) bond motifs is 2. The van der Waals surface area contributed by atoms with E-state index in [0.717, 1.165) is 43.7 Å². The normalized spacial score (nSPS) is 30.1. The average Bonchev–Trinajstić information content (AvgIpc) is 3.27. The zero-order chi connectivity index (χ0) is 19.1. The van der Waals surface area contributed by atoms with Crippen LogP contribution in [0.3, 0.4) is 0 Å². The molecule has 0 spiro atoms. The Hall–Kier alpha value is -2.04. The number of nitrogens with two attached hydrogens (primary N) is 1. The lowest BCUT2D eigenvalue weighted by molar-refractivity contribution is -0.0914. The molecule has 0 aromatic heterocycles. The fourth-order valence-electron chi connectivity index (χ4n) is 5.77. The fourth-order valence-corrected chi connectivity index (χ4v) is 5.77. The minimum Gasteiger partial charge on any atom is -0.399 e. The molecule has 4 heteroatoms.